The fourth-order valence-electron chi connectivity index (χ4n) is 1.96. The Bertz CT molecular complexity index is 304. The van der Waals surface area contributed by atoms with Crippen molar-refractivity contribution >= 4 is 12.1 Å². The van der Waals surface area contributed by atoms with Gasteiger partial charge >= 0.3 is 12.1 Å². The van der Waals surface area contributed by atoms with Crippen molar-refractivity contribution in [3.8, 4) is 0 Å². The fraction of sp³-hybridized carbons (Fsp3) is 0.818. The van der Waals surface area contributed by atoms with Gasteiger partial charge in [0.15, 0.2) is 0 Å². The van der Waals surface area contributed by atoms with Crippen LogP contribution in [0.5, 0.6) is 0 Å². The molecular formula is C11H22N4O2. The minimum atomic E-state index is 0.00815. The molecule has 0 aliphatic carbocycles. The van der Waals surface area contributed by atoms with E-state index in [0.29, 0.717) is 19.6 Å². The number of hydrogen-bond donors (Lipinski definition) is 0. The molecule has 0 unspecified atom stereocenters. The summed E-state index contributed by atoms with van der Waals surface area (Å²) in [5.74, 6) is 0. The normalized spacial score (nSPS) is 20.2. The Kier molecular flexibility index (Phi) is 4.20. The van der Waals surface area contributed by atoms with Crippen molar-refractivity contribution in [2.24, 2.45) is 0 Å². The third-order valence-corrected chi connectivity index (χ3v) is 2.91. The number of hydrogen-bond acceptors (Lipinski definition) is 2. The maximum absolute atomic E-state index is 11.9. The molecule has 0 N–H and O–H groups in total. The Morgan fingerprint density at radius 2 is 1.53 bits per heavy atom. The van der Waals surface area contributed by atoms with E-state index in [1.54, 1.807) is 47.8 Å². The molecule has 1 atom stereocenters. The summed E-state index contributed by atoms with van der Waals surface area (Å²) in [6.07, 6.45) is 0. The molecule has 1 heterocycles. The number of carbonyl (C=O) groups is 2. The SMILES string of the molecule is C[C@@H]1CN(C(=O)N(C)C)CCN1C(=O)N(C)C. The maximum Gasteiger partial charge on any atom is 0.319 e. The molecule has 1 saturated heterocycles. The van der Waals surface area contributed by atoms with E-state index < -0.39 is 0 Å². The van der Waals surface area contributed by atoms with E-state index >= 15 is 0 Å². The highest BCUT2D eigenvalue weighted by Crippen LogP contribution is 2.12. The van der Waals surface area contributed by atoms with Gasteiger partial charge in [0.05, 0.1) is 0 Å². The van der Waals surface area contributed by atoms with E-state index in [2.05, 4.69) is 0 Å². The van der Waals surface area contributed by atoms with Crippen LogP contribution < -0.4 is 0 Å². The first kappa shape index (κ1) is 13.6. The van der Waals surface area contributed by atoms with Gasteiger partial charge in [-0.1, -0.05) is 0 Å². The lowest BCUT2D eigenvalue weighted by Crippen LogP contribution is -2.58. The molecule has 0 radical (unpaired) electrons. The Balaban J connectivity index is 2.61. The van der Waals surface area contributed by atoms with Crippen LogP contribution in [0.15, 0.2) is 0 Å². The van der Waals surface area contributed by atoms with Gasteiger partial charge in [0.1, 0.15) is 0 Å². The van der Waals surface area contributed by atoms with E-state index in [0.717, 1.165) is 0 Å². The minimum absolute atomic E-state index is 0.00815. The van der Waals surface area contributed by atoms with Crippen molar-refractivity contribution in [1.82, 2.24) is 19.6 Å². The molecule has 0 spiro atoms. The average molecular weight is 242 g/mol. The molecule has 0 aromatic carbocycles. The van der Waals surface area contributed by atoms with Crippen molar-refractivity contribution in [1.29, 1.82) is 0 Å². The molecular weight excluding hydrogens is 220 g/mol. The summed E-state index contributed by atoms with van der Waals surface area (Å²) < 4.78 is 0. The Hall–Kier alpha value is -1.46. The zero-order chi connectivity index (χ0) is 13.2. The van der Waals surface area contributed by atoms with Crippen molar-refractivity contribution in [3.63, 3.8) is 0 Å². The molecule has 6 nitrogen and oxygen atoms in total. The summed E-state index contributed by atoms with van der Waals surface area (Å²) in [6.45, 7) is 3.76. The zero-order valence-electron chi connectivity index (χ0n) is 11.3. The predicted octanol–water partition coefficient (Wildman–Crippen LogP) is 0.356. The lowest BCUT2D eigenvalue weighted by Gasteiger charge is -2.41. The van der Waals surface area contributed by atoms with Crippen molar-refractivity contribution < 1.29 is 9.59 Å². The second kappa shape index (κ2) is 5.25. The molecule has 17 heavy (non-hydrogen) atoms. The van der Waals surface area contributed by atoms with Crippen LogP contribution in [0.1, 0.15) is 6.92 Å². The van der Waals surface area contributed by atoms with Crippen LogP contribution in [0.25, 0.3) is 0 Å². The lowest BCUT2D eigenvalue weighted by molar-refractivity contribution is 0.0909. The molecule has 98 valence electrons. The van der Waals surface area contributed by atoms with Crippen LogP contribution in [0, 0.1) is 0 Å². The van der Waals surface area contributed by atoms with Crippen LogP contribution in [0.4, 0.5) is 9.59 Å². The molecule has 6 heteroatoms. The summed E-state index contributed by atoms with van der Waals surface area (Å²) in [4.78, 5) is 30.4. The van der Waals surface area contributed by atoms with Crippen molar-refractivity contribution in [2.75, 3.05) is 47.8 Å². The highest BCUT2D eigenvalue weighted by molar-refractivity contribution is 5.76. The Morgan fingerprint density at radius 1 is 1.00 bits per heavy atom. The first-order valence-electron chi connectivity index (χ1n) is 5.78. The van der Waals surface area contributed by atoms with E-state index in [4.69, 9.17) is 0 Å². The van der Waals surface area contributed by atoms with Gasteiger partial charge in [-0.2, -0.15) is 0 Å². The number of urea groups is 2. The Labute approximate surface area is 103 Å². The standard InChI is InChI=1S/C11H22N4O2/c1-9-8-14(10(16)12(2)3)6-7-15(9)11(17)13(4)5/h9H,6-8H2,1-5H3/t9-/m1/s1. The number of amides is 4. The van der Waals surface area contributed by atoms with Gasteiger partial charge in [0.25, 0.3) is 0 Å². The van der Waals surface area contributed by atoms with E-state index in [1.165, 1.54) is 0 Å². The van der Waals surface area contributed by atoms with Crippen LogP contribution >= 0.6 is 0 Å². The van der Waals surface area contributed by atoms with Gasteiger partial charge in [-0.15, -0.1) is 0 Å². The second-order valence-corrected chi connectivity index (χ2v) is 4.84. The monoisotopic (exact) mass is 242 g/mol. The zero-order valence-corrected chi connectivity index (χ0v) is 11.3. The summed E-state index contributed by atoms with van der Waals surface area (Å²) in [7, 11) is 6.97. The Morgan fingerprint density at radius 3 is 1.94 bits per heavy atom. The van der Waals surface area contributed by atoms with Gasteiger partial charge < -0.3 is 19.6 Å². The van der Waals surface area contributed by atoms with Crippen molar-refractivity contribution in [3.05, 3.63) is 0 Å². The van der Waals surface area contributed by atoms with E-state index in [1.807, 2.05) is 6.92 Å². The summed E-state index contributed by atoms with van der Waals surface area (Å²) >= 11 is 0. The molecule has 0 bridgehead atoms. The largest absolute Gasteiger partial charge is 0.331 e. The predicted molar refractivity (Wildman–Crippen MR) is 65.9 cm³/mol. The molecule has 1 aliphatic rings. The molecule has 1 aliphatic heterocycles. The summed E-state index contributed by atoms with van der Waals surface area (Å²) in [5.41, 5.74) is 0. The van der Waals surface area contributed by atoms with Crippen LogP contribution in [-0.4, -0.2) is 85.5 Å². The smallest absolute Gasteiger partial charge is 0.319 e. The number of carbonyl (C=O) groups excluding carboxylic acids is 2. The molecule has 0 saturated carbocycles. The molecule has 1 fully saturated rings. The van der Waals surface area contributed by atoms with Crippen molar-refractivity contribution in [2.45, 2.75) is 13.0 Å². The molecule has 0 aromatic rings. The van der Waals surface area contributed by atoms with Crippen LogP contribution in [0.3, 0.4) is 0 Å². The van der Waals surface area contributed by atoms with Gasteiger partial charge in [-0.25, -0.2) is 9.59 Å². The van der Waals surface area contributed by atoms with Gasteiger partial charge in [0, 0.05) is 53.9 Å². The third kappa shape index (κ3) is 3.01. The quantitative estimate of drug-likeness (QED) is 0.615. The minimum Gasteiger partial charge on any atom is -0.331 e. The fourth-order valence-corrected chi connectivity index (χ4v) is 1.96. The average Bonchev–Trinajstić information content (AvgIpc) is 2.26. The highest BCUT2D eigenvalue weighted by Gasteiger charge is 2.30. The van der Waals surface area contributed by atoms with Crippen LogP contribution in [-0.2, 0) is 0 Å². The first-order valence-corrected chi connectivity index (χ1v) is 5.78. The number of rotatable bonds is 0. The van der Waals surface area contributed by atoms with Gasteiger partial charge in [0.2, 0.25) is 0 Å². The number of nitrogens with zero attached hydrogens (tertiary/aromatic N) is 4. The van der Waals surface area contributed by atoms with Gasteiger partial charge in [-0.3, -0.25) is 0 Å². The molecule has 0 aromatic heterocycles. The van der Waals surface area contributed by atoms with Gasteiger partial charge in [-0.05, 0) is 6.92 Å². The molecule has 1 rings (SSSR count). The highest BCUT2D eigenvalue weighted by atomic mass is 16.2. The lowest BCUT2D eigenvalue weighted by atomic mass is 10.2. The summed E-state index contributed by atoms with van der Waals surface area (Å²) in [5, 5.41) is 0. The first-order chi connectivity index (χ1) is 7.84. The van der Waals surface area contributed by atoms with Crippen LogP contribution in [0.2, 0.25) is 0 Å². The maximum atomic E-state index is 11.9. The second-order valence-electron chi connectivity index (χ2n) is 4.84. The van der Waals surface area contributed by atoms with E-state index in [-0.39, 0.29) is 18.1 Å². The summed E-state index contributed by atoms with van der Waals surface area (Å²) in [6, 6.07) is 0.0748. The number of piperazine rings is 1. The topological polar surface area (TPSA) is 47.1 Å². The van der Waals surface area contributed by atoms with E-state index in [9.17, 15) is 9.59 Å². The third-order valence-electron chi connectivity index (χ3n) is 2.91. The molecule has 4 amide bonds.